The molecule has 6 heteroatoms. The molecule has 1 saturated heterocycles. The van der Waals surface area contributed by atoms with E-state index in [1.807, 2.05) is 5.38 Å². The normalized spacial score (nSPS) is 16.9. The largest absolute Gasteiger partial charge is 0.332 e. The summed E-state index contributed by atoms with van der Waals surface area (Å²) in [5, 5.41) is 9.00. The fraction of sp³-hybridized carbons (Fsp3) is 0.375. The van der Waals surface area contributed by atoms with Crippen LogP contribution in [0, 0.1) is 0 Å². The topological polar surface area (TPSA) is 63.8 Å². The van der Waals surface area contributed by atoms with Gasteiger partial charge >= 0.3 is 0 Å². The van der Waals surface area contributed by atoms with Crippen molar-refractivity contribution in [2.24, 2.45) is 0 Å². The van der Waals surface area contributed by atoms with Crippen molar-refractivity contribution in [3.05, 3.63) is 16.7 Å². The van der Waals surface area contributed by atoms with Crippen LogP contribution in [0.25, 0.3) is 11.6 Å². The molecule has 72 valence electrons. The lowest BCUT2D eigenvalue weighted by Crippen LogP contribution is -2.40. The third-order valence-corrected chi connectivity index (χ3v) is 2.83. The molecule has 1 fully saturated rings. The maximum Gasteiger partial charge on any atom is 0.277 e. The first-order valence-electron chi connectivity index (χ1n) is 4.36. The minimum atomic E-state index is 0.408. The Morgan fingerprint density at radius 1 is 1.50 bits per heavy atom. The Balaban J connectivity index is 1.90. The van der Waals surface area contributed by atoms with Gasteiger partial charge in [-0.2, -0.15) is 4.98 Å². The second-order valence-electron chi connectivity index (χ2n) is 3.19. The predicted octanol–water partition coefficient (Wildman–Crippen LogP) is 0.880. The molecular formula is C8H8N4OS. The third-order valence-electron chi connectivity index (χ3n) is 2.24. The second kappa shape index (κ2) is 3.14. The molecule has 0 radical (unpaired) electrons. The van der Waals surface area contributed by atoms with Gasteiger partial charge in [0, 0.05) is 24.4 Å². The van der Waals surface area contributed by atoms with Crippen molar-refractivity contribution in [2.75, 3.05) is 13.1 Å². The summed E-state index contributed by atoms with van der Waals surface area (Å²) in [6.07, 6.45) is 0. The highest BCUT2D eigenvalue weighted by molar-refractivity contribution is 7.07. The van der Waals surface area contributed by atoms with Gasteiger partial charge in [0.25, 0.3) is 5.89 Å². The summed E-state index contributed by atoms with van der Waals surface area (Å²) in [6, 6.07) is 0. The Morgan fingerprint density at radius 3 is 3.07 bits per heavy atom. The lowest BCUT2D eigenvalue weighted by molar-refractivity contribution is 0.382. The van der Waals surface area contributed by atoms with Crippen LogP contribution in [0.15, 0.2) is 15.4 Å². The fourth-order valence-electron chi connectivity index (χ4n) is 1.29. The van der Waals surface area contributed by atoms with Crippen LogP contribution in [-0.2, 0) is 0 Å². The van der Waals surface area contributed by atoms with Crippen molar-refractivity contribution in [1.82, 2.24) is 20.4 Å². The molecule has 2 aromatic rings. The number of aromatic nitrogens is 3. The molecule has 0 saturated carbocycles. The fourth-order valence-corrected chi connectivity index (χ4v) is 1.82. The molecular weight excluding hydrogens is 200 g/mol. The van der Waals surface area contributed by atoms with E-state index >= 15 is 0 Å². The number of rotatable bonds is 2. The lowest BCUT2D eigenvalue weighted by atomic mass is 10.0. The molecule has 0 aliphatic carbocycles. The summed E-state index contributed by atoms with van der Waals surface area (Å²) in [5.74, 6) is 1.71. The van der Waals surface area contributed by atoms with Crippen LogP contribution in [0.1, 0.15) is 11.7 Å². The molecule has 1 N–H and O–H groups in total. The van der Waals surface area contributed by atoms with Crippen LogP contribution >= 0.6 is 11.3 Å². The molecule has 1 aliphatic rings. The minimum Gasteiger partial charge on any atom is -0.332 e. The Kier molecular flexibility index (Phi) is 1.81. The highest BCUT2D eigenvalue weighted by Crippen LogP contribution is 2.21. The highest BCUT2D eigenvalue weighted by Gasteiger charge is 2.24. The van der Waals surface area contributed by atoms with Gasteiger partial charge in [-0.05, 0) is 0 Å². The number of thiazole rings is 1. The highest BCUT2D eigenvalue weighted by atomic mass is 32.1. The molecule has 0 amide bonds. The number of nitrogens with one attached hydrogen (secondary N) is 1. The SMILES string of the molecule is c1nc(-c2nc(C3CNC3)no2)cs1. The van der Waals surface area contributed by atoms with Crippen LogP contribution < -0.4 is 5.32 Å². The van der Waals surface area contributed by atoms with Crippen molar-refractivity contribution in [3.8, 4) is 11.6 Å². The number of hydrogen-bond donors (Lipinski definition) is 1. The zero-order chi connectivity index (χ0) is 9.38. The minimum absolute atomic E-state index is 0.408. The van der Waals surface area contributed by atoms with E-state index < -0.39 is 0 Å². The monoisotopic (exact) mass is 208 g/mol. The van der Waals surface area contributed by atoms with Gasteiger partial charge in [-0.25, -0.2) is 4.98 Å². The van der Waals surface area contributed by atoms with Gasteiger partial charge in [-0.1, -0.05) is 5.16 Å². The van der Waals surface area contributed by atoms with Crippen molar-refractivity contribution >= 4 is 11.3 Å². The quantitative estimate of drug-likeness (QED) is 0.793. The predicted molar refractivity (Wildman–Crippen MR) is 51.0 cm³/mol. The third kappa shape index (κ3) is 1.23. The van der Waals surface area contributed by atoms with E-state index in [0.717, 1.165) is 24.6 Å². The molecule has 0 bridgehead atoms. The van der Waals surface area contributed by atoms with E-state index in [0.29, 0.717) is 11.8 Å². The van der Waals surface area contributed by atoms with E-state index in [4.69, 9.17) is 4.52 Å². The van der Waals surface area contributed by atoms with Gasteiger partial charge < -0.3 is 9.84 Å². The number of hydrogen-bond acceptors (Lipinski definition) is 6. The summed E-state index contributed by atoms with van der Waals surface area (Å²) in [6.45, 7) is 1.88. The van der Waals surface area contributed by atoms with E-state index in [1.54, 1.807) is 5.51 Å². The first kappa shape index (κ1) is 8.07. The summed E-state index contributed by atoms with van der Waals surface area (Å²) < 4.78 is 5.12. The van der Waals surface area contributed by atoms with Gasteiger partial charge in [0.15, 0.2) is 5.82 Å². The van der Waals surface area contributed by atoms with Gasteiger partial charge in [0.05, 0.1) is 5.51 Å². The van der Waals surface area contributed by atoms with Gasteiger partial charge in [-0.3, -0.25) is 0 Å². The van der Waals surface area contributed by atoms with E-state index in [9.17, 15) is 0 Å². The van der Waals surface area contributed by atoms with Crippen LogP contribution in [-0.4, -0.2) is 28.2 Å². The van der Waals surface area contributed by atoms with Crippen LogP contribution in [0.5, 0.6) is 0 Å². The van der Waals surface area contributed by atoms with E-state index in [2.05, 4.69) is 20.4 Å². The van der Waals surface area contributed by atoms with Crippen molar-refractivity contribution in [1.29, 1.82) is 0 Å². The average Bonchev–Trinajstić information content (AvgIpc) is 2.65. The summed E-state index contributed by atoms with van der Waals surface area (Å²) in [7, 11) is 0. The molecule has 0 spiro atoms. The van der Waals surface area contributed by atoms with Crippen LogP contribution in [0.2, 0.25) is 0 Å². The van der Waals surface area contributed by atoms with Crippen molar-refractivity contribution < 1.29 is 4.52 Å². The molecule has 3 heterocycles. The van der Waals surface area contributed by atoms with E-state index in [-0.39, 0.29) is 0 Å². The van der Waals surface area contributed by atoms with Gasteiger partial charge in [-0.15, -0.1) is 11.3 Å². The van der Waals surface area contributed by atoms with Crippen LogP contribution in [0.4, 0.5) is 0 Å². The number of nitrogens with zero attached hydrogens (tertiary/aromatic N) is 3. The summed E-state index contributed by atoms with van der Waals surface area (Å²) >= 11 is 1.52. The zero-order valence-electron chi connectivity index (χ0n) is 7.30. The average molecular weight is 208 g/mol. The standard InChI is InChI=1S/C8H8N4OS/c1-5(2-9-1)7-11-8(13-12-7)6-3-14-4-10-6/h3-5,9H,1-2H2. The maximum absolute atomic E-state index is 5.12. The molecule has 0 atom stereocenters. The second-order valence-corrected chi connectivity index (χ2v) is 3.91. The van der Waals surface area contributed by atoms with Crippen LogP contribution in [0.3, 0.4) is 0 Å². The van der Waals surface area contributed by atoms with Gasteiger partial charge in [0.1, 0.15) is 5.69 Å². The Morgan fingerprint density at radius 2 is 2.43 bits per heavy atom. The zero-order valence-corrected chi connectivity index (χ0v) is 8.12. The molecule has 5 nitrogen and oxygen atoms in total. The molecule has 14 heavy (non-hydrogen) atoms. The summed E-state index contributed by atoms with van der Waals surface area (Å²) in [5.41, 5.74) is 2.52. The Hall–Kier alpha value is -1.27. The molecule has 3 rings (SSSR count). The molecule has 0 aromatic carbocycles. The first-order valence-corrected chi connectivity index (χ1v) is 5.30. The van der Waals surface area contributed by atoms with E-state index in [1.165, 1.54) is 11.3 Å². The maximum atomic E-state index is 5.12. The Bertz CT molecular complexity index is 420. The first-order chi connectivity index (χ1) is 6.93. The summed E-state index contributed by atoms with van der Waals surface area (Å²) in [4.78, 5) is 8.41. The molecule has 2 aromatic heterocycles. The van der Waals surface area contributed by atoms with Gasteiger partial charge in [0.2, 0.25) is 0 Å². The lowest BCUT2D eigenvalue weighted by Gasteiger charge is -2.23. The van der Waals surface area contributed by atoms with Crippen molar-refractivity contribution in [3.63, 3.8) is 0 Å². The smallest absolute Gasteiger partial charge is 0.277 e. The molecule has 1 aliphatic heterocycles. The van der Waals surface area contributed by atoms with Crippen molar-refractivity contribution in [2.45, 2.75) is 5.92 Å². The molecule has 0 unspecified atom stereocenters. The Labute approximate surface area is 84.2 Å².